The van der Waals surface area contributed by atoms with Gasteiger partial charge in [-0.25, -0.2) is 4.79 Å². The summed E-state index contributed by atoms with van der Waals surface area (Å²) >= 11 is 0. The molecule has 0 unspecified atom stereocenters. The van der Waals surface area contributed by atoms with Crippen molar-refractivity contribution >= 4 is 11.9 Å². The van der Waals surface area contributed by atoms with E-state index in [0.717, 1.165) is 0 Å². The highest BCUT2D eigenvalue weighted by molar-refractivity contribution is 5.79. The van der Waals surface area contributed by atoms with E-state index in [1.807, 2.05) is 25.7 Å². The molecule has 6 heteroatoms. The van der Waals surface area contributed by atoms with Crippen LogP contribution >= 0.6 is 0 Å². The topological polar surface area (TPSA) is 65.1 Å². The fourth-order valence-corrected chi connectivity index (χ4v) is 1.77. The van der Waals surface area contributed by atoms with E-state index >= 15 is 0 Å². The number of hydrogen-bond acceptors (Lipinski definition) is 6. The van der Waals surface area contributed by atoms with E-state index in [4.69, 9.17) is 14.2 Å². The smallest absolute Gasteiger partial charge is 0.344 e. The van der Waals surface area contributed by atoms with Crippen molar-refractivity contribution in [3.63, 3.8) is 0 Å². The largest absolute Gasteiger partial charge is 0.457 e. The van der Waals surface area contributed by atoms with Gasteiger partial charge in [0, 0.05) is 13.1 Å². The second-order valence-electron chi connectivity index (χ2n) is 5.52. The molecule has 1 aliphatic rings. The molecule has 0 amide bonds. The highest BCUT2D eigenvalue weighted by atomic mass is 16.6. The lowest BCUT2D eigenvalue weighted by atomic mass is 10.1. The molecule has 1 fully saturated rings. The average molecular weight is 287 g/mol. The summed E-state index contributed by atoms with van der Waals surface area (Å²) in [5.74, 6) is -0.919. The van der Waals surface area contributed by atoms with Crippen LogP contribution in [-0.4, -0.2) is 61.4 Å². The number of esters is 2. The standard InChI is InChI=1S/C14H25NO5/c1-5-14(3,4)20-12(16)10-19-13(17)11(2)15-6-8-18-9-7-15/h11H,5-10H2,1-4H3/t11-/m1/s1. The number of nitrogens with zero attached hydrogens (tertiary/aromatic N) is 1. The first-order valence-corrected chi connectivity index (χ1v) is 7.06. The van der Waals surface area contributed by atoms with Gasteiger partial charge >= 0.3 is 11.9 Å². The Labute approximate surface area is 120 Å². The van der Waals surface area contributed by atoms with Gasteiger partial charge in [0.15, 0.2) is 6.61 Å². The van der Waals surface area contributed by atoms with Crippen molar-refractivity contribution < 1.29 is 23.8 Å². The molecule has 0 saturated carbocycles. The number of rotatable bonds is 6. The van der Waals surface area contributed by atoms with Gasteiger partial charge in [-0.3, -0.25) is 9.69 Å². The summed E-state index contributed by atoms with van der Waals surface area (Å²) in [5, 5.41) is 0. The molecule has 0 aliphatic carbocycles. The van der Waals surface area contributed by atoms with Crippen LogP contribution in [0.15, 0.2) is 0 Å². The summed E-state index contributed by atoms with van der Waals surface area (Å²) in [6.07, 6.45) is 0.705. The van der Waals surface area contributed by atoms with E-state index in [1.54, 1.807) is 6.92 Å². The fourth-order valence-electron chi connectivity index (χ4n) is 1.77. The maximum absolute atomic E-state index is 11.9. The van der Waals surface area contributed by atoms with Gasteiger partial charge in [-0.05, 0) is 27.2 Å². The maximum atomic E-state index is 11.9. The summed E-state index contributed by atoms with van der Waals surface area (Å²) in [4.78, 5) is 25.4. The van der Waals surface area contributed by atoms with Crippen molar-refractivity contribution in [1.29, 1.82) is 0 Å². The van der Waals surface area contributed by atoms with E-state index in [0.29, 0.717) is 32.7 Å². The molecule has 0 aromatic rings. The Morgan fingerprint density at radius 1 is 1.30 bits per heavy atom. The van der Waals surface area contributed by atoms with Crippen LogP contribution in [0, 0.1) is 0 Å². The maximum Gasteiger partial charge on any atom is 0.344 e. The molecule has 0 N–H and O–H groups in total. The van der Waals surface area contributed by atoms with E-state index in [1.165, 1.54) is 0 Å². The third kappa shape index (κ3) is 5.46. The van der Waals surface area contributed by atoms with Crippen LogP contribution in [-0.2, 0) is 23.8 Å². The quantitative estimate of drug-likeness (QED) is 0.679. The van der Waals surface area contributed by atoms with Crippen LogP contribution in [0.3, 0.4) is 0 Å². The molecule has 6 nitrogen and oxygen atoms in total. The molecular formula is C14H25NO5. The van der Waals surface area contributed by atoms with Crippen LogP contribution in [0.4, 0.5) is 0 Å². The molecule has 1 rings (SSSR count). The first-order valence-electron chi connectivity index (χ1n) is 7.06. The van der Waals surface area contributed by atoms with Crippen LogP contribution < -0.4 is 0 Å². The predicted molar refractivity (Wildman–Crippen MR) is 73.3 cm³/mol. The lowest BCUT2D eigenvalue weighted by Crippen LogP contribution is -2.46. The van der Waals surface area contributed by atoms with Crippen molar-refractivity contribution in [2.75, 3.05) is 32.9 Å². The molecule has 116 valence electrons. The third-order valence-electron chi connectivity index (χ3n) is 3.51. The van der Waals surface area contributed by atoms with Gasteiger partial charge in [-0.2, -0.15) is 0 Å². The zero-order valence-electron chi connectivity index (χ0n) is 12.8. The molecule has 1 atom stereocenters. The predicted octanol–water partition coefficient (Wildman–Crippen LogP) is 0.982. The highest BCUT2D eigenvalue weighted by Crippen LogP contribution is 2.13. The minimum atomic E-state index is -0.528. The Kier molecular flexibility index (Phi) is 6.42. The minimum Gasteiger partial charge on any atom is -0.457 e. The zero-order chi connectivity index (χ0) is 15.2. The minimum absolute atomic E-state index is 0.336. The SMILES string of the molecule is CCC(C)(C)OC(=O)COC(=O)[C@@H](C)N1CCOCC1. The van der Waals surface area contributed by atoms with Gasteiger partial charge in [-0.1, -0.05) is 6.92 Å². The van der Waals surface area contributed by atoms with Crippen LogP contribution in [0.25, 0.3) is 0 Å². The Morgan fingerprint density at radius 2 is 1.90 bits per heavy atom. The summed E-state index contributed by atoms with van der Waals surface area (Å²) < 4.78 is 15.5. The number of carbonyl (C=O) groups is 2. The summed E-state index contributed by atoms with van der Waals surface area (Å²) in [5.41, 5.74) is -0.528. The van der Waals surface area contributed by atoms with Crippen molar-refractivity contribution in [2.24, 2.45) is 0 Å². The summed E-state index contributed by atoms with van der Waals surface area (Å²) in [6.45, 7) is 9.64. The normalized spacial score (nSPS) is 18.4. The van der Waals surface area contributed by atoms with Crippen molar-refractivity contribution in [3.05, 3.63) is 0 Å². The Bertz CT molecular complexity index is 336. The zero-order valence-corrected chi connectivity index (χ0v) is 12.8. The first kappa shape index (κ1) is 16.9. The first-order chi connectivity index (χ1) is 9.35. The molecule has 0 spiro atoms. The fraction of sp³-hybridized carbons (Fsp3) is 0.857. The van der Waals surface area contributed by atoms with Crippen LogP contribution in [0.1, 0.15) is 34.1 Å². The second-order valence-corrected chi connectivity index (χ2v) is 5.52. The van der Waals surface area contributed by atoms with Crippen molar-refractivity contribution in [2.45, 2.75) is 45.8 Å². The van der Waals surface area contributed by atoms with Gasteiger partial charge in [0.1, 0.15) is 11.6 Å². The molecule has 0 aromatic carbocycles. The number of hydrogen-bond donors (Lipinski definition) is 0. The molecule has 1 heterocycles. The van der Waals surface area contributed by atoms with E-state index in [-0.39, 0.29) is 12.6 Å². The monoisotopic (exact) mass is 287 g/mol. The van der Waals surface area contributed by atoms with E-state index < -0.39 is 17.5 Å². The van der Waals surface area contributed by atoms with Crippen LogP contribution in [0.5, 0.6) is 0 Å². The number of morpholine rings is 1. The van der Waals surface area contributed by atoms with Gasteiger partial charge in [0.2, 0.25) is 0 Å². The van der Waals surface area contributed by atoms with Crippen molar-refractivity contribution in [1.82, 2.24) is 4.90 Å². The van der Waals surface area contributed by atoms with E-state index in [2.05, 4.69) is 0 Å². The van der Waals surface area contributed by atoms with Gasteiger partial charge in [0.05, 0.1) is 13.2 Å². The number of carbonyl (C=O) groups excluding carboxylic acids is 2. The van der Waals surface area contributed by atoms with Crippen LogP contribution in [0.2, 0.25) is 0 Å². The van der Waals surface area contributed by atoms with Gasteiger partial charge in [0.25, 0.3) is 0 Å². The van der Waals surface area contributed by atoms with Gasteiger partial charge in [-0.15, -0.1) is 0 Å². The lowest BCUT2D eigenvalue weighted by molar-refractivity contribution is -0.170. The summed E-state index contributed by atoms with van der Waals surface area (Å²) in [7, 11) is 0. The number of ether oxygens (including phenoxy) is 3. The average Bonchev–Trinajstić information content (AvgIpc) is 2.44. The Balaban J connectivity index is 2.33. The highest BCUT2D eigenvalue weighted by Gasteiger charge is 2.26. The third-order valence-corrected chi connectivity index (χ3v) is 3.51. The lowest BCUT2D eigenvalue weighted by Gasteiger charge is -2.30. The van der Waals surface area contributed by atoms with Crippen molar-refractivity contribution in [3.8, 4) is 0 Å². The molecule has 1 saturated heterocycles. The van der Waals surface area contributed by atoms with E-state index in [9.17, 15) is 9.59 Å². The van der Waals surface area contributed by atoms with Gasteiger partial charge < -0.3 is 14.2 Å². The Morgan fingerprint density at radius 3 is 2.45 bits per heavy atom. The molecule has 0 bridgehead atoms. The second kappa shape index (κ2) is 7.59. The molecular weight excluding hydrogens is 262 g/mol. The molecule has 1 aliphatic heterocycles. The molecule has 0 radical (unpaired) electrons. The molecule has 20 heavy (non-hydrogen) atoms. The Hall–Kier alpha value is -1.14. The molecule has 0 aromatic heterocycles. The summed E-state index contributed by atoms with van der Waals surface area (Å²) in [6, 6.07) is -0.370.